The number of hydrogen-bond donors (Lipinski definition) is 1. The molecule has 0 spiro atoms. The van der Waals surface area contributed by atoms with E-state index in [1.54, 1.807) is 59.7 Å². The Kier molecular flexibility index (Phi) is 5.59. The van der Waals surface area contributed by atoms with Gasteiger partial charge in [0.15, 0.2) is 9.84 Å². The van der Waals surface area contributed by atoms with Crippen LogP contribution in [0, 0.1) is 11.8 Å². The van der Waals surface area contributed by atoms with E-state index in [0.29, 0.717) is 22.5 Å². The van der Waals surface area contributed by atoms with Crippen LogP contribution in [0.25, 0.3) is 5.69 Å². The molecule has 1 aromatic carbocycles. The third-order valence-electron chi connectivity index (χ3n) is 5.10. The second-order valence-electron chi connectivity index (χ2n) is 7.28. The van der Waals surface area contributed by atoms with Gasteiger partial charge >= 0.3 is 0 Å². The molecule has 1 fully saturated rings. The van der Waals surface area contributed by atoms with E-state index in [2.05, 4.69) is 21.9 Å². The monoisotopic (exact) mass is 436 g/mol. The lowest BCUT2D eigenvalue weighted by Crippen LogP contribution is -2.44. The van der Waals surface area contributed by atoms with E-state index in [-0.39, 0.29) is 11.5 Å². The van der Waals surface area contributed by atoms with E-state index >= 15 is 0 Å². The Balaban J connectivity index is 1.69. The fourth-order valence-electron chi connectivity index (χ4n) is 3.48. The summed E-state index contributed by atoms with van der Waals surface area (Å²) in [6.45, 7) is 0. The van der Waals surface area contributed by atoms with Crippen molar-refractivity contribution in [2.45, 2.75) is 12.1 Å². The Morgan fingerprint density at radius 1 is 1.16 bits per heavy atom. The van der Waals surface area contributed by atoms with Crippen molar-refractivity contribution in [2.24, 2.45) is 0 Å². The zero-order chi connectivity index (χ0) is 22.0. The average molecular weight is 436 g/mol. The number of benzene rings is 1. The van der Waals surface area contributed by atoms with Gasteiger partial charge < -0.3 is 10.0 Å². The van der Waals surface area contributed by atoms with Gasteiger partial charge in [0.25, 0.3) is 5.91 Å². The second-order valence-corrected chi connectivity index (χ2v) is 9.43. The fraction of sp³-hybridized carbons (Fsp3) is 0.227. The number of carbonyl (C=O) groups excluding carboxylic acids is 1. The van der Waals surface area contributed by atoms with Gasteiger partial charge in [0, 0.05) is 31.2 Å². The third-order valence-corrected chi connectivity index (χ3v) is 6.79. The van der Waals surface area contributed by atoms with Crippen molar-refractivity contribution in [1.29, 1.82) is 0 Å². The van der Waals surface area contributed by atoms with Gasteiger partial charge in [-0.2, -0.15) is 5.10 Å². The molecule has 8 nitrogen and oxygen atoms in total. The van der Waals surface area contributed by atoms with Crippen LogP contribution >= 0.6 is 0 Å². The standard InChI is InChI=1S/C22H20N4O4S/c1-25(20-14-31(29,30)15-21(20)27)22(28)17-7-9-19(26-12-4-11-24-26)16(13-17)6-8-18-5-2-3-10-23-18/h2-5,7,9-13,20-21,27H,14-15H2,1H3. The van der Waals surface area contributed by atoms with Gasteiger partial charge in [-0.05, 0) is 42.3 Å². The topological polar surface area (TPSA) is 105 Å². The van der Waals surface area contributed by atoms with Crippen molar-refractivity contribution in [3.05, 3.63) is 77.9 Å². The number of carbonyl (C=O) groups is 1. The number of likely N-dealkylation sites (N-methyl/N-ethyl adjacent to an activating group) is 1. The number of sulfone groups is 1. The smallest absolute Gasteiger partial charge is 0.254 e. The fourth-order valence-corrected chi connectivity index (χ4v) is 5.33. The van der Waals surface area contributed by atoms with Gasteiger partial charge in [-0.1, -0.05) is 12.0 Å². The van der Waals surface area contributed by atoms with Gasteiger partial charge in [0.1, 0.15) is 5.69 Å². The summed E-state index contributed by atoms with van der Waals surface area (Å²) in [6.07, 6.45) is 3.96. The van der Waals surface area contributed by atoms with Crippen LogP contribution < -0.4 is 0 Å². The lowest BCUT2D eigenvalue weighted by molar-refractivity contribution is 0.0581. The Bertz CT molecular complexity index is 1260. The van der Waals surface area contributed by atoms with Crippen LogP contribution in [0.4, 0.5) is 0 Å². The SMILES string of the molecule is CN(C(=O)c1ccc(-n2cccn2)c(C#Cc2ccccn2)c1)C1CS(=O)(=O)CC1O. The molecule has 1 aliphatic heterocycles. The number of amides is 1. The summed E-state index contributed by atoms with van der Waals surface area (Å²) in [5, 5.41) is 14.3. The summed E-state index contributed by atoms with van der Waals surface area (Å²) >= 11 is 0. The van der Waals surface area contributed by atoms with Crippen LogP contribution in [0.5, 0.6) is 0 Å². The molecule has 0 radical (unpaired) electrons. The molecule has 4 rings (SSSR count). The molecule has 1 N–H and O–H groups in total. The quantitative estimate of drug-likeness (QED) is 0.612. The second kappa shape index (κ2) is 8.34. The third kappa shape index (κ3) is 4.50. The highest BCUT2D eigenvalue weighted by molar-refractivity contribution is 7.91. The van der Waals surface area contributed by atoms with Crippen LogP contribution in [0.15, 0.2) is 61.1 Å². The van der Waals surface area contributed by atoms with Crippen LogP contribution in [0.2, 0.25) is 0 Å². The zero-order valence-electron chi connectivity index (χ0n) is 16.7. The molecule has 0 aliphatic carbocycles. The molecule has 2 atom stereocenters. The van der Waals surface area contributed by atoms with Crippen LogP contribution in [0.1, 0.15) is 21.6 Å². The molecule has 0 saturated carbocycles. The van der Waals surface area contributed by atoms with E-state index in [4.69, 9.17) is 0 Å². The summed E-state index contributed by atoms with van der Waals surface area (Å²) in [6, 6.07) is 11.4. The van der Waals surface area contributed by atoms with Gasteiger partial charge in [0.2, 0.25) is 0 Å². The molecular weight excluding hydrogens is 416 g/mol. The molecule has 1 amide bonds. The zero-order valence-corrected chi connectivity index (χ0v) is 17.5. The van der Waals surface area contributed by atoms with Gasteiger partial charge in [0.05, 0.1) is 34.9 Å². The molecule has 3 heterocycles. The highest BCUT2D eigenvalue weighted by atomic mass is 32.2. The first-order valence-electron chi connectivity index (χ1n) is 9.57. The number of aliphatic hydroxyl groups is 1. The molecule has 3 aromatic rings. The van der Waals surface area contributed by atoms with E-state index in [1.807, 2.05) is 6.07 Å². The number of pyridine rings is 1. The average Bonchev–Trinajstić information content (AvgIpc) is 3.39. The molecule has 1 aliphatic rings. The maximum atomic E-state index is 13.0. The minimum atomic E-state index is -3.37. The summed E-state index contributed by atoms with van der Waals surface area (Å²) < 4.78 is 25.3. The first-order chi connectivity index (χ1) is 14.8. The maximum absolute atomic E-state index is 13.0. The lowest BCUT2D eigenvalue weighted by Gasteiger charge is -2.26. The number of aliphatic hydroxyl groups excluding tert-OH is 1. The van der Waals surface area contributed by atoms with Crippen molar-refractivity contribution in [1.82, 2.24) is 19.7 Å². The van der Waals surface area contributed by atoms with E-state index < -0.39 is 27.9 Å². The molecule has 1 saturated heterocycles. The normalized spacial score (nSPS) is 19.4. The molecule has 31 heavy (non-hydrogen) atoms. The number of nitrogens with zero attached hydrogens (tertiary/aromatic N) is 4. The molecular formula is C22H20N4O4S. The lowest BCUT2D eigenvalue weighted by atomic mass is 10.1. The summed E-state index contributed by atoms with van der Waals surface area (Å²) in [4.78, 5) is 18.5. The summed E-state index contributed by atoms with van der Waals surface area (Å²) in [5.74, 6) is 5.05. The maximum Gasteiger partial charge on any atom is 0.254 e. The number of rotatable bonds is 3. The van der Waals surface area contributed by atoms with Crippen LogP contribution in [0.3, 0.4) is 0 Å². The van der Waals surface area contributed by atoms with Crippen molar-refractivity contribution in [2.75, 3.05) is 18.6 Å². The Morgan fingerprint density at radius 2 is 2.00 bits per heavy atom. The van der Waals surface area contributed by atoms with Gasteiger partial charge in [-0.15, -0.1) is 0 Å². The molecule has 0 bridgehead atoms. The largest absolute Gasteiger partial charge is 0.390 e. The van der Waals surface area contributed by atoms with Gasteiger partial charge in [-0.3, -0.25) is 4.79 Å². The minimum absolute atomic E-state index is 0.256. The van der Waals surface area contributed by atoms with Crippen LogP contribution in [-0.2, 0) is 9.84 Å². The predicted octanol–water partition coefficient (Wildman–Crippen LogP) is 0.897. The summed E-state index contributed by atoms with van der Waals surface area (Å²) in [5.41, 5.74) is 2.17. The van der Waals surface area contributed by atoms with Crippen molar-refractivity contribution in [3.63, 3.8) is 0 Å². The first-order valence-corrected chi connectivity index (χ1v) is 11.4. The first kappa shape index (κ1) is 20.8. The van der Waals surface area contributed by atoms with E-state index in [0.717, 1.165) is 0 Å². The Morgan fingerprint density at radius 3 is 2.65 bits per heavy atom. The highest BCUT2D eigenvalue weighted by Crippen LogP contribution is 2.21. The molecule has 2 aromatic heterocycles. The molecule has 2 unspecified atom stereocenters. The number of aromatic nitrogens is 3. The summed E-state index contributed by atoms with van der Waals surface area (Å²) in [7, 11) is -1.88. The van der Waals surface area contributed by atoms with Crippen molar-refractivity contribution >= 4 is 15.7 Å². The van der Waals surface area contributed by atoms with Crippen molar-refractivity contribution in [3.8, 4) is 17.5 Å². The molecule has 9 heteroatoms. The number of hydrogen-bond acceptors (Lipinski definition) is 6. The molecule has 158 valence electrons. The van der Waals surface area contributed by atoms with E-state index in [9.17, 15) is 18.3 Å². The van der Waals surface area contributed by atoms with Gasteiger partial charge in [-0.25, -0.2) is 18.1 Å². The van der Waals surface area contributed by atoms with Crippen molar-refractivity contribution < 1.29 is 18.3 Å². The minimum Gasteiger partial charge on any atom is -0.390 e. The Labute approximate surface area is 180 Å². The predicted molar refractivity (Wildman–Crippen MR) is 114 cm³/mol. The highest BCUT2D eigenvalue weighted by Gasteiger charge is 2.40. The van der Waals surface area contributed by atoms with Crippen LogP contribution in [-0.4, -0.2) is 69.8 Å². The van der Waals surface area contributed by atoms with E-state index in [1.165, 1.54) is 11.9 Å². The Hall–Kier alpha value is -3.48.